The van der Waals surface area contributed by atoms with Crippen LogP contribution >= 0.6 is 23.5 Å². The molecule has 0 saturated heterocycles. The smallest absolute Gasteiger partial charge is 0.234 e. The molecule has 0 unspecified atom stereocenters. The second kappa shape index (κ2) is 10.0. The van der Waals surface area contributed by atoms with E-state index in [9.17, 15) is 4.79 Å². The van der Waals surface area contributed by atoms with E-state index >= 15 is 0 Å². The number of amides is 1. The summed E-state index contributed by atoms with van der Waals surface area (Å²) in [6.45, 7) is 3.73. The summed E-state index contributed by atoms with van der Waals surface area (Å²) in [6.07, 6.45) is 3.46. The summed E-state index contributed by atoms with van der Waals surface area (Å²) in [4.78, 5) is 13.5. The summed E-state index contributed by atoms with van der Waals surface area (Å²) >= 11 is 2.96. The maximum atomic E-state index is 12.4. The van der Waals surface area contributed by atoms with Crippen LogP contribution in [0.15, 0.2) is 77.6 Å². The largest absolute Gasteiger partial charge is 0.497 e. The molecule has 2 aromatic carbocycles. The zero-order valence-corrected chi connectivity index (χ0v) is 17.0. The van der Waals surface area contributed by atoms with Gasteiger partial charge in [0.05, 0.1) is 24.2 Å². The fourth-order valence-electron chi connectivity index (χ4n) is 2.42. The standard InChI is InChI=1S/C20H20N4O2S2/c1-3-11-27-18-10-5-4-9-17(18)22-19(25)13-28-20-23-21-14-24(20)15-7-6-8-16(12-15)26-2/h3-10,12,14H,1,11,13H2,2H3,(H,22,25). The van der Waals surface area contributed by atoms with Gasteiger partial charge in [0.25, 0.3) is 0 Å². The Labute approximate surface area is 172 Å². The Morgan fingerprint density at radius 1 is 1.25 bits per heavy atom. The predicted octanol–water partition coefficient (Wildman–Crippen LogP) is 4.28. The quantitative estimate of drug-likeness (QED) is 0.418. The SMILES string of the molecule is C=CCSc1ccccc1NC(=O)CSc1nncn1-c1cccc(OC)c1. The molecule has 1 amide bonds. The van der Waals surface area contributed by atoms with E-state index in [0.717, 1.165) is 27.8 Å². The fraction of sp³-hybridized carbons (Fsp3) is 0.150. The maximum Gasteiger partial charge on any atom is 0.234 e. The molecule has 0 radical (unpaired) electrons. The summed E-state index contributed by atoms with van der Waals surface area (Å²) in [7, 11) is 1.62. The number of carbonyl (C=O) groups excluding carboxylic acids is 1. The minimum Gasteiger partial charge on any atom is -0.497 e. The van der Waals surface area contributed by atoms with Crippen molar-refractivity contribution in [2.75, 3.05) is 23.9 Å². The molecule has 0 aliphatic carbocycles. The normalized spacial score (nSPS) is 10.5. The third-order valence-electron chi connectivity index (χ3n) is 3.70. The van der Waals surface area contributed by atoms with Crippen molar-refractivity contribution in [2.45, 2.75) is 10.1 Å². The molecule has 0 aliphatic rings. The van der Waals surface area contributed by atoms with Crippen molar-refractivity contribution >= 4 is 35.1 Å². The van der Waals surface area contributed by atoms with Crippen molar-refractivity contribution in [1.82, 2.24) is 14.8 Å². The van der Waals surface area contributed by atoms with Gasteiger partial charge in [0, 0.05) is 16.7 Å². The highest BCUT2D eigenvalue weighted by Crippen LogP contribution is 2.27. The van der Waals surface area contributed by atoms with E-state index in [1.807, 2.05) is 59.2 Å². The first-order valence-electron chi connectivity index (χ1n) is 8.51. The first kappa shape index (κ1) is 20.0. The number of methoxy groups -OCH3 is 1. The zero-order valence-electron chi connectivity index (χ0n) is 15.4. The molecule has 1 heterocycles. The van der Waals surface area contributed by atoms with Gasteiger partial charge in [0.15, 0.2) is 5.16 Å². The van der Waals surface area contributed by atoms with Gasteiger partial charge in [-0.15, -0.1) is 28.5 Å². The van der Waals surface area contributed by atoms with Crippen molar-refractivity contribution in [1.29, 1.82) is 0 Å². The Hall–Kier alpha value is -2.71. The number of nitrogens with one attached hydrogen (secondary N) is 1. The summed E-state index contributed by atoms with van der Waals surface area (Å²) in [6, 6.07) is 15.3. The Balaban J connectivity index is 1.65. The van der Waals surface area contributed by atoms with Crippen LogP contribution in [0.3, 0.4) is 0 Å². The predicted molar refractivity (Wildman–Crippen MR) is 115 cm³/mol. The number of rotatable bonds is 9. The van der Waals surface area contributed by atoms with Crippen LogP contribution in [0.1, 0.15) is 0 Å². The molecule has 1 N–H and O–H groups in total. The molecule has 1 aromatic heterocycles. The van der Waals surface area contributed by atoms with E-state index < -0.39 is 0 Å². The van der Waals surface area contributed by atoms with Gasteiger partial charge in [-0.05, 0) is 24.3 Å². The van der Waals surface area contributed by atoms with Crippen molar-refractivity contribution < 1.29 is 9.53 Å². The first-order chi connectivity index (χ1) is 13.7. The van der Waals surface area contributed by atoms with E-state index in [0.29, 0.717) is 5.16 Å². The second-order valence-corrected chi connectivity index (χ2v) is 7.62. The lowest BCUT2D eigenvalue weighted by atomic mass is 10.3. The van der Waals surface area contributed by atoms with Gasteiger partial charge in [0.1, 0.15) is 12.1 Å². The average Bonchev–Trinajstić information content (AvgIpc) is 3.20. The van der Waals surface area contributed by atoms with Gasteiger partial charge in [-0.3, -0.25) is 9.36 Å². The highest BCUT2D eigenvalue weighted by Gasteiger charge is 2.12. The number of anilines is 1. The highest BCUT2D eigenvalue weighted by molar-refractivity contribution is 8.00. The van der Waals surface area contributed by atoms with Crippen molar-refractivity contribution in [3.05, 3.63) is 67.5 Å². The number of nitrogens with zero attached hydrogens (tertiary/aromatic N) is 3. The number of ether oxygens (including phenoxy) is 1. The molecule has 28 heavy (non-hydrogen) atoms. The number of thioether (sulfide) groups is 2. The maximum absolute atomic E-state index is 12.4. The minimum atomic E-state index is -0.100. The lowest BCUT2D eigenvalue weighted by Crippen LogP contribution is -2.15. The van der Waals surface area contributed by atoms with E-state index in [1.165, 1.54) is 11.8 Å². The Morgan fingerprint density at radius 3 is 2.93 bits per heavy atom. The number of benzene rings is 2. The van der Waals surface area contributed by atoms with Crippen molar-refractivity contribution in [3.8, 4) is 11.4 Å². The van der Waals surface area contributed by atoms with Gasteiger partial charge >= 0.3 is 0 Å². The van der Waals surface area contributed by atoms with Crippen LogP contribution in [0.25, 0.3) is 5.69 Å². The summed E-state index contributed by atoms with van der Waals surface area (Å²) < 4.78 is 7.09. The molecule has 0 fully saturated rings. The van der Waals surface area contributed by atoms with E-state index in [4.69, 9.17) is 4.74 Å². The Bertz CT molecular complexity index is 959. The monoisotopic (exact) mass is 412 g/mol. The molecule has 0 bridgehead atoms. The van der Waals surface area contributed by atoms with Gasteiger partial charge in [-0.25, -0.2) is 0 Å². The summed E-state index contributed by atoms with van der Waals surface area (Å²) in [5.41, 5.74) is 1.67. The van der Waals surface area contributed by atoms with Crippen molar-refractivity contribution in [2.24, 2.45) is 0 Å². The molecule has 3 rings (SSSR count). The lowest BCUT2D eigenvalue weighted by Gasteiger charge is -2.10. The highest BCUT2D eigenvalue weighted by atomic mass is 32.2. The average molecular weight is 413 g/mol. The van der Waals surface area contributed by atoms with Crippen LogP contribution in [0.4, 0.5) is 5.69 Å². The molecule has 6 nitrogen and oxygen atoms in total. The molecule has 0 spiro atoms. The van der Waals surface area contributed by atoms with Gasteiger partial charge in [-0.2, -0.15) is 0 Å². The molecule has 144 valence electrons. The van der Waals surface area contributed by atoms with E-state index in [2.05, 4.69) is 22.1 Å². The van der Waals surface area contributed by atoms with Crippen molar-refractivity contribution in [3.63, 3.8) is 0 Å². The second-order valence-electron chi connectivity index (χ2n) is 5.62. The number of carbonyl (C=O) groups is 1. The minimum absolute atomic E-state index is 0.100. The third-order valence-corrected chi connectivity index (χ3v) is 5.71. The Kier molecular flexibility index (Phi) is 7.16. The Morgan fingerprint density at radius 2 is 2.11 bits per heavy atom. The molecule has 0 saturated carbocycles. The van der Waals surface area contributed by atoms with E-state index in [-0.39, 0.29) is 11.7 Å². The number of hydrogen-bond acceptors (Lipinski definition) is 6. The fourth-order valence-corrected chi connectivity index (χ4v) is 3.90. The van der Waals surface area contributed by atoms with Crippen LogP contribution in [-0.4, -0.2) is 39.3 Å². The molecule has 0 atom stereocenters. The van der Waals surface area contributed by atoms with Crippen LogP contribution in [0, 0.1) is 0 Å². The molecule has 3 aromatic rings. The van der Waals surface area contributed by atoms with Crippen LogP contribution in [-0.2, 0) is 4.79 Å². The number of para-hydroxylation sites is 1. The summed E-state index contributed by atoms with van der Waals surface area (Å²) in [5, 5.41) is 11.7. The number of aromatic nitrogens is 3. The van der Waals surface area contributed by atoms with Crippen LogP contribution in [0.5, 0.6) is 5.75 Å². The summed E-state index contributed by atoms with van der Waals surface area (Å²) in [5.74, 6) is 1.65. The molecular weight excluding hydrogens is 392 g/mol. The third kappa shape index (κ3) is 5.17. The van der Waals surface area contributed by atoms with Crippen LogP contribution in [0.2, 0.25) is 0 Å². The van der Waals surface area contributed by atoms with E-state index in [1.54, 1.807) is 25.2 Å². The topological polar surface area (TPSA) is 69.0 Å². The zero-order chi connectivity index (χ0) is 19.8. The van der Waals surface area contributed by atoms with Crippen LogP contribution < -0.4 is 10.1 Å². The first-order valence-corrected chi connectivity index (χ1v) is 10.5. The molecule has 0 aliphatic heterocycles. The number of hydrogen-bond donors (Lipinski definition) is 1. The molecular formula is C20H20N4O2S2. The van der Waals surface area contributed by atoms with Gasteiger partial charge in [-0.1, -0.05) is 36.0 Å². The lowest BCUT2D eigenvalue weighted by molar-refractivity contribution is -0.113. The molecule has 8 heteroatoms. The van der Waals surface area contributed by atoms with Gasteiger partial charge in [0.2, 0.25) is 5.91 Å². The van der Waals surface area contributed by atoms with Gasteiger partial charge < -0.3 is 10.1 Å².